The Morgan fingerprint density at radius 3 is 3.10 bits per heavy atom. The number of hydrogen-bond acceptors (Lipinski definition) is 3. The SMILES string of the molecule is COc1ccc2c(c1)C(NCCc1nccn1C)CC2. The lowest BCUT2D eigenvalue weighted by Gasteiger charge is -2.14. The smallest absolute Gasteiger partial charge is 0.119 e. The van der Waals surface area contributed by atoms with Crippen LogP contribution in [0.5, 0.6) is 5.75 Å². The molecule has 0 bridgehead atoms. The van der Waals surface area contributed by atoms with Crippen molar-refractivity contribution in [3.8, 4) is 5.75 Å². The molecule has 1 N–H and O–H groups in total. The van der Waals surface area contributed by atoms with Crippen LogP contribution >= 0.6 is 0 Å². The molecule has 2 aromatic rings. The number of imidazole rings is 1. The lowest BCUT2D eigenvalue weighted by Crippen LogP contribution is -2.22. The van der Waals surface area contributed by atoms with E-state index >= 15 is 0 Å². The zero-order valence-corrected chi connectivity index (χ0v) is 12.1. The highest BCUT2D eigenvalue weighted by molar-refractivity contribution is 5.40. The Morgan fingerprint density at radius 1 is 1.45 bits per heavy atom. The fourth-order valence-electron chi connectivity index (χ4n) is 2.91. The van der Waals surface area contributed by atoms with Crippen molar-refractivity contribution < 1.29 is 4.74 Å². The Hall–Kier alpha value is -1.81. The van der Waals surface area contributed by atoms with Gasteiger partial charge >= 0.3 is 0 Å². The van der Waals surface area contributed by atoms with E-state index in [2.05, 4.69) is 33.1 Å². The summed E-state index contributed by atoms with van der Waals surface area (Å²) in [6, 6.07) is 6.85. The molecule has 4 heteroatoms. The van der Waals surface area contributed by atoms with Gasteiger partial charge in [0.2, 0.25) is 0 Å². The minimum atomic E-state index is 0.445. The van der Waals surface area contributed by atoms with Crippen molar-refractivity contribution in [3.63, 3.8) is 0 Å². The number of aromatic nitrogens is 2. The molecular formula is C16H21N3O. The average molecular weight is 271 g/mol. The van der Waals surface area contributed by atoms with E-state index in [1.807, 2.05) is 19.4 Å². The molecule has 4 nitrogen and oxygen atoms in total. The fourth-order valence-corrected chi connectivity index (χ4v) is 2.91. The van der Waals surface area contributed by atoms with Crippen LogP contribution in [0.2, 0.25) is 0 Å². The van der Waals surface area contributed by atoms with Crippen molar-refractivity contribution in [2.75, 3.05) is 13.7 Å². The van der Waals surface area contributed by atoms with Crippen LogP contribution < -0.4 is 10.1 Å². The van der Waals surface area contributed by atoms with Crippen molar-refractivity contribution in [2.45, 2.75) is 25.3 Å². The first-order valence-electron chi connectivity index (χ1n) is 7.14. The summed E-state index contributed by atoms with van der Waals surface area (Å²) in [4.78, 5) is 4.35. The number of ether oxygens (including phenoxy) is 1. The normalized spacial score (nSPS) is 17.2. The first-order chi connectivity index (χ1) is 9.78. The van der Waals surface area contributed by atoms with E-state index in [4.69, 9.17) is 4.74 Å². The first-order valence-corrected chi connectivity index (χ1v) is 7.14. The van der Waals surface area contributed by atoms with Crippen LogP contribution in [-0.2, 0) is 19.9 Å². The van der Waals surface area contributed by atoms with Gasteiger partial charge in [0.25, 0.3) is 0 Å². The van der Waals surface area contributed by atoms with E-state index in [0.29, 0.717) is 6.04 Å². The Morgan fingerprint density at radius 2 is 2.35 bits per heavy atom. The zero-order valence-electron chi connectivity index (χ0n) is 12.1. The summed E-state index contributed by atoms with van der Waals surface area (Å²) in [5, 5.41) is 3.65. The highest BCUT2D eigenvalue weighted by Gasteiger charge is 2.22. The Kier molecular flexibility index (Phi) is 3.74. The van der Waals surface area contributed by atoms with Crippen LogP contribution in [0.3, 0.4) is 0 Å². The molecule has 0 spiro atoms. The molecule has 1 aliphatic carbocycles. The second-order valence-electron chi connectivity index (χ2n) is 5.31. The van der Waals surface area contributed by atoms with Gasteiger partial charge in [-0.25, -0.2) is 4.98 Å². The molecule has 106 valence electrons. The molecule has 0 saturated heterocycles. The molecule has 0 fully saturated rings. The van der Waals surface area contributed by atoms with E-state index in [0.717, 1.165) is 31.0 Å². The van der Waals surface area contributed by atoms with Gasteiger partial charge in [0.15, 0.2) is 0 Å². The largest absolute Gasteiger partial charge is 0.497 e. The van der Waals surface area contributed by atoms with E-state index in [1.54, 1.807) is 7.11 Å². The summed E-state index contributed by atoms with van der Waals surface area (Å²) in [7, 11) is 3.76. The number of nitrogens with one attached hydrogen (secondary N) is 1. The maximum atomic E-state index is 5.33. The summed E-state index contributed by atoms with van der Waals surface area (Å²) in [6.07, 6.45) is 7.12. The lowest BCUT2D eigenvalue weighted by atomic mass is 10.1. The predicted octanol–water partition coefficient (Wildman–Crippen LogP) is 2.25. The lowest BCUT2D eigenvalue weighted by molar-refractivity contribution is 0.413. The van der Waals surface area contributed by atoms with Gasteiger partial charge < -0.3 is 14.6 Å². The molecule has 0 amide bonds. The highest BCUT2D eigenvalue weighted by Crippen LogP contribution is 2.33. The molecule has 3 rings (SSSR count). The van der Waals surface area contributed by atoms with Crippen LogP contribution in [0.15, 0.2) is 30.6 Å². The monoisotopic (exact) mass is 271 g/mol. The Labute approximate surface area is 119 Å². The number of aryl methyl sites for hydroxylation is 2. The summed E-state index contributed by atoms with van der Waals surface area (Å²) < 4.78 is 7.40. The van der Waals surface area contributed by atoms with Crippen LogP contribution in [-0.4, -0.2) is 23.2 Å². The molecule has 1 unspecified atom stereocenters. The van der Waals surface area contributed by atoms with E-state index in [9.17, 15) is 0 Å². The number of methoxy groups -OCH3 is 1. The second kappa shape index (κ2) is 5.67. The van der Waals surface area contributed by atoms with E-state index < -0.39 is 0 Å². The maximum Gasteiger partial charge on any atom is 0.119 e. The minimum absolute atomic E-state index is 0.445. The first kappa shape index (κ1) is 13.2. The molecule has 0 saturated carbocycles. The van der Waals surface area contributed by atoms with Crippen LogP contribution in [0.4, 0.5) is 0 Å². The van der Waals surface area contributed by atoms with E-state index in [1.165, 1.54) is 17.5 Å². The fraction of sp³-hybridized carbons (Fsp3) is 0.438. The van der Waals surface area contributed by atoms with Crippen molar-refractivity contribution in [1.82, 2.24) is 14.9 Å². The minimum Gasteiger partial charge on any atom is -0.497 e. The topological polar surface area (TPSA) is 39.1 Å². The number of benzene rings is 1. The van der Waals surface area contributed by atoms with Gasteiger partial charge in [-0.3, -0.25) is 0 Å². The molecule has 1 aromatic carbocycles. The molecule has 1 heterocycles. The number of hydrogen-bond donors (Lipinski definition) is 1. The molecule has 1 aliphatic rings. The maximum absolute atomic E-state index is 5.33. The predicted molar refractivity (Wildman–Crippen MR) is 79.0 cm³/mol. The van der Waals surface area contributed by atoms with Crippen molar-refractivity contribution >= 4 is 0 Å². The van der Waals surface area contributed by atoms with Crippen LogP contribution in [0.25, 0.3) is 0 Å². The molecule has 1 aromatic heterocycles. The second-order valence-corrected chi connectivity index (χ2v) is 5.31. The molecule has 1 atom stereocenters. The summed E-state index contributed by atoms with van der Waals surface area (Å²) >= 11 is 0. The molecule has 0 aliphatic heterocycles. The van der Waals surface area contributed by atoms with Crippen molar-refractivity contribution in [1.29, 1.82) is 0 Å². The third-order valence-electron chi connectivity index (χ3n) is 4.09. The third-order valence-corrected chi connectivity index (χ3v) is 4.09. The van der Waals surface area contributed by atoms with Gasteiger partial charge in [-0.2, -0.15) is 0 Å². The van der Waals surface area contributed by atoms with Crippen molar-refractivity contribution in [3.05, 3.63) is 47.5 Å². The number of nitrogens with zero attached hydrogens (tertiary/aromatic N) is 2. The van der Waals surface area contributed by atoms with Crippen molar-refractivity contribution in [2.24, 2.45) is 7.05 Å². The van der Waals surface area contributed by atoms with Crippen LogP contribution in [0.1, 0.15) is 29.4 Å². The van der Waals surface area contributed by atoms with Crippen LogP contribution in [0, 0.1) is 0 Å². The summed E-state index contributed by atoms with van der Waals surface area (Å²) in [5.41, 5.74) is 2.84. The quantitative estimate of drug-likeness (QED) is 0.906. The van der Waals surface area contributed by atoms with Gasteiger partial charge in [-0.1, -0.05) is 6.07 Å². The number of rotatable bonds is 5. The third kappa shape index (κ3) is 2.56. The van der Waals surface area contributed by atoms with Gasteiger partial charge in [-0.15, -0.1) is 0 Å². The Balaban J connectivity index is 1.62. The standard InChI is InChI=1S/C16H21N3O/c1-19-10-9-18-16(19)7-8-17-15-6-4-12-3-5-13(20-2)11-14(12)15/h3,5,9-11,15,17H,4,6-8H2,1-2H3. The molecule has 0 radical (unpaired) electrons. The number of fused-ring (bicyclic) bond motifs is 1. The van der Waals surface area contributed by atoms with Gasteiger partial charge in [0, 0.05) is 38.4 Å². The summed E-state index contributed by atoms with van der Waals surface area (Å²) in [5.74, 6) is 2.07. The Bertz CT molecular complexity index is 591. The van der Waals surface area contributed by atoms with Gasteiger partial charge in [-0.05, 0) is 36.1 Å². The highest BCUT2D eigenvalue weighted by atomic mass is 16.5. The van der Waals surface area contributed by atoms with Gasteiger partial charge in [0.05, 0.1) is 7.11 Å². The molecule has 20 heavy (non-hydrogen) atoms. The summed E-state index contributed by atoms with van der Waals surface area (Å²) in [6.45, 7) is 0.951. The zero-order chi connectivity index (χ0) is 13.9. The molecular weight excluding hydrogens is 250 g/mol. The van der Waals surface area contributed by atoms with Gasteiger partial charge in [0.1, 0.15) is 11.6 Å². The van der Waals surface area contributed by atoms with E-state index in [-0.39, 0.29) is 0 Å². The average Bonchev–Trinajstić information content (AvgIpc) is 3.06.